The van der Waals surface area contributed by atoms with Gasteiger partial charge in [-0.15, -0.1) is 11.8 Å². The molecule has 0 aliphatic heterocycles. The van der Waals surface area contributed by atoms with E-state index in [4.69, 9.17) is 16.3 Å². The minimum absolute atomic E-state index is 0.228. The van der Waals surface area contributed by atoms with Gasteiger partial charge >= 0.3 is 6.03 Å². The second-order valence-corrected chi connectivity index (χ2v) is 5.06. The fourth-order valence-corrected chi connectivity index (χ4v) is 2.17. The quantitative estimate of drug-likeness (QED) is 0.597. The molecule has 0 aromatic heterocycles. The molecule has 0 fully saturated rings. The first kappa shape index (κ1) is 16.1. The van der Waals surface area contributed by atoms with E-state index in [1.807, 2.05) is 19.2 Å². The normalized spacial score (nSPS) is 10.3. The number of ether oxygens (including phenoxy) is 1. The lowest BCUT2D eigenvalue weighted by molar-refractivity contribution is 0.145. The number of nitrogens with one attached hydrogen (secondary N) is 2. The maximum absolute atomic E-state index is 11.7. The van der Waals surface area contributed by atoms with Crippen LogP contribution in [0, 0.1) is 0 Å². The van der Waals surface area contributed by atoms with E-state index in [-0.39, 0.29) is 6.03 Å². The van der Waals surface area contributed by atoms with Crippen molar-refractivity contribution < 1.29 is 9.53 Å². The first-order valence-electron chi connectivity index (χ1n) is 6.13. The summed E-state index contributed by atoms with van der Waals surface area (Å²) in [7, 11) is 0. The predicted molar refractivity (Wildman–Crippen MR) is 81.4 cm³/mol. The molecular formula is C13H19ClN2O2S. The number of benzene rings is 1. The molecular weight excluding hydrogens is 284 g/mol. The van der Waals surface area contributed by atoms with Gasteiger partial charge in [-0.05, 0) is 37.8 Å². The number of urea groups is 1. The fraction of sp³-hybridized carbons (Fsp3) is 0.462. The minimum Gasteiger partial charge on any atom is -0.382 e. The molecule has 0 radical (unpaired) electrons. The molecule has 0 aliphatic carbocycles. The molecule has 1 aromatic rings. The average Bonchev–Trinajstić information content (AvgIpc) is 2.39. The molecule has 4 nitrogen and oxygen atoms in total. The number of thioether (sulfide) groups is 1. The van der Waals surface area contributed by atoms with Gasteiger partial charge in [-0.2, -0.15) is 0 Å². The second kappa shape index (κ2) is 9.07. The van der Waals surface area contributed by atoms with Crippen molar-refractivity contribution in [2.45, 2.75) is 18.2 Å². The smallest absolute Gasteiger partial charge is 0.319 e. The van der Waals surface area contributed by atoms with Crippen molar-refractivity contribution in [1.29, 1.82) is 0 Å². The molecule has 0 aliphatic rings. The van der Waals surface area contributed by atoms with Gasteiger partial charge in [0.25, 0.3) is 0 Å². The van der Waals surface area contributed by atoms with Crippen LogP contribution in [0.5, 0.6) is 0 Å². The van der Waals surface area contributed by atoms with Gasteiger partial charge in [-0.25, -0.2) is 4.79 Å². The molecule has 0 bridgehead atoms. The number of anilines is 1. The summed E-state index contributed by atoms with van der Waals surface area (Å²) < 4.78 is 5.19. The van der Waals surface area contributed by atoms with E-state index >= 15 is 0 Å². The summed E-state index contributed by atoms with van der Waals surface area (Å²) in [6.45, 7) is 3.89. The first-order chi connectivity index (χ1) is 9.17. The molecule has 0 atom stereocenters. The number of amides is 2. The van der Waals surface area contributed by atoms with Crippen LogP contribution in [-0.4, -0.2) is 32.0 Å². The van der Waals surface area contributed by atoms with Crippen LogP contribution >= 0.6 is 23.4 Å². The topological polar surface area (TPSA) is 50.4 Å². The zero-order valence-electron chi connectivity index (χ0n) is 11.2. The number of carbonyl (C=O) groups is 1. The van der Waals surface area contributed by atoms with Crippen LogP contribution in [0.25, 0.3) is 0 Å². The van der Waals surface area contributed by atoms with E-state index < -0.39 is 0 Å². The molecule has 1 rings (SSSR count). The lowest BCUT2D eigenvalue weighted by Gasteiger charge is -2.11. The van der Waals surface area contributed by atoms with Gasteiger partial charge < -0.3 is 15.4 Å². The van der Waals surface area contributed by atoms with Crippen LogP contribution in [0.4, 0.5) is 10.5 Å². The molecule has 1 aromatic carbocycles. The maximum atomic E-state index is 11.7. The van der Waals surface area contributed by atoms with Gasteiger partial charge in [0.1, 0.15) is 0 Å². The van der Waals surface area contributed by atoms with Gasteiger partial charge in [0.15, 0.2) is 0 Å². The highest BCUT2D eigenvalue weighted by Gasteiger charge is 2.06. The Morgan fingerprint density at radius 1 is 1.47 bits per heavy atom. The number of hydrogen-bond acceptors (Lipinski definition) is 3. The van der Waals surface area contributed by atoms with E-state index in [0.717, 1.165) is 17.0 Å². The third kappa shape index (κ3) is 6.18. The number of carbonyl (C=O) groups excluding carboxylic acids is 1. The summed E-state index contributed by atoms with van der Waals surface area (Å²) in [6, 6.07) is 5.21. The molecule has 0 saturated heterocycles. The molecule has 0 saturated carbocycles. The summed E-state index contributed by atoms with van der Waals surface area (Å²) in [5.41, 5.74) is 0.724. The standard InChI is InChI=1S/C13H19ClN2O2S/c1-3-18-8-4-7-15-13(17)16-11-9-10(14)5-6-12(11)19-2/h5-6,9H,3-4,7-8H2,1-2H3,(H2,15,16,17). The first-order valence-corrected chi connectivity index (χ1v) is 7.73. The van der Waals surface area contributed by atoms with Crippen LogP contribution in [0.3, 0.4) is 0 Å². The summed E-state index contributed by atoms with van der Waals surface area (Å²) >= 11 is 7.48. The Hall–Kier alpha value is -0.910. The van der Waals surface area contributed by atoms with Crippen LogP contribution in [0.15, 0.2) is 23.1 Å². The predicted octanol–water partition coefficient (Wildman–Crippen LogP) is 3.61. The van der Waals surface area contributed by atoms with Crippen LogP contribution in [0.1, 0.15) is 13.3 Å². The van der Waals surface area contributed by atoms with Gasteiger partial charge in [-0.1, -0.05) is 11.6 Å². The molecule has 0 heterocycles. The van der Waals surface area contributed by atoms with Crippen molar-refractivity contribution >= 4 is 35.1 Å². The van der Waals surface area contributed by atoms with E-state index in [0.29, 0.717) is 24.8 Å². The monoisotopic (exact) mass is 302 g/mol. The molecule has 2 amide bonds. The Morgan fingerprint density at radius 3 is 2.95 bits per heavy atom. The highest BCUT2D eigenvalue weighted by Crippen LogP contribution is 2.28. The lowest BCUT2D eigenvalue weighted by Crippen LogP contribution is -2.30. The van der Waals surface area contributed by atoms with Gasteiger partial charge in [0.05, 0.1) is 5.69 Å². The van der Waals surface area contributed by atoms with Crippen molar-refractivity contribution in [1.82, 2.24) is 5.32 Å². The molecule has 19 heavy (non-hydrogen) atoms. The van der Waals surface area contributed by atoms with Crippen LogP contribution in [-0.2, 0) is 4.74 Å². The number of hydrogen-bond donors (Lipinski definition) is 2. The van der Waals surface area contributed by atoms with Crippen molar-refractivity contribution in [3.63, 3.8) is 0 Å². The minimum atomic E-state index is -0.228. The van der Waals surface area contributed by atoms with Crippen molar-refractivity contribution in [2.75, 3.05) is 31.3 Å². The van der Waals surface area contributed by atoms with Gasteiger partial charge in [0.2, 0.25) is 0 Å². The van der Waals surface area contributed by atoms with Crippen LogP contribution in [0.2, 0.25) is 5.02 Å². The Balaban J connectivity index is 2.41. The van der Waals surface area contributed by atoms with E-state index in [1.165, 1.54) is 0 Å². The zero-order valence-corrected chi connectivity index (χ0v) is 12.7. The van der Waals surface area contributed by atoms with E-state index in [2.05, 4.69) is 10.6 Å². The van der Waals surface area contributed by atoms with E-state index in [1.54, 1.807) is 23.9 Å². The third-order valence-corrected chi connectivity index (χ3v) is 3.40. The molecule has 2 N–H and O–H groups in total. The maximum Gasteiger partial charge on any atom is 0.319 e. The Labute approximate surface area is 123 Å². The van der Waals surface area contributed by atoms with Crippen molar-refractivity contribution in [3.8, 4) is 0 Å². The molecule has 6 heteroatoms. The molecule has 0 unspecified atom stereocenters. The summed E-state index contributed by atoms with van der Waals surface area (Å²) in [5.74, 6) is 0. The Kier molecular flexibility index (Phi) is 7.70. The number of rotatable bonds is 7. The Morgan fingerprint density at radius 2 is 2.26 bits per heavy atom. The highest BCUT2D eigenvalue weighted by atomic mass is 35.5. The zero-order chi connectivity index (χ0) is 14.1. The summed E-state index contributed by atoms with van der Waals surface area (Å²) in [6.07, 6.45) is 2.75. The Bertz CT molecular complexity index is 416. The van der Waals surface area contributed by atoms with Crippen molar-refractivity contribution in [3.05, 3.63) is 23.2 Å². The van der Waals surface area contributed by atoms with Crippen LogP contribution < -0.4 is 10.6 Å². The molecule has 106 valence electrons. The highest BCUT2D eigenvalue weighted by molar-refractivity contribution is 7.98. The summed E-state index contributed by atoms with van der Waals surface area (Å²) in [5, 5.41) is 6.18. The summed E-state index contributed by atoms with van der Waals surface area (Å²) in [4.78, 5) is 12.7. The van der Waals surface area contributed by atoms with Gasteiger partial charge in [0, 0.05) is 29.7 Å². The molecule has 0 spiro atoms. The lowest BCUT2D eigenvalue weighted by atomic mass is 10.3. The fourth-order valence-electron chi connectivity index (χ4n) is 1.46. The SMILES string of the molecule is CCOCCCNC(=O)Nc1cc(Cl)ccc1SC. The second-order valence-electron chi connectivity index (χ2n) is 3.78. The van der Waals surface area contributed by atoms with Gasteiger partial charge in [-0.3, -0.25) is 0 Å². The van der Waals surface area contributed by atoms with Crippen molar-refractivity contribution in [2.24, 2.45) is 0 Å². The third-order valence-electron chi connectivity index (χ3n) is 2.36. The largest absolute Gasteiger partial charge is 0.382 e. The van der Waals surface area contributed by atoms with E-state index in [9.17, 15) is 4.79 Å². The average molecular weight is 303 g/mol. The number of halogens is 1.